The van der Waals surface area contributed by atoms with Crippen LogP contribution in [0.1, 0.15) is 37.9 Å². The summed E-state index contributed by atoms with van der Waals surface area (Å²) in [5, 5.41) is 3.22. The molecule has 0 radical (unpaired) electrons. The van der Waals surface area contributed by atoms with Crippen molar-refractivity contribution in [2.24, 2.45) is 4.99 Å². The van der Waals surface area contributed by atoms with E-state index in [4.69, 9.17) is 25.8 Å². The van der Waals surface area contributed by atoms with E-state index in [2.05, 4.69) is 10.3 Å². The SMILES string of the molecule is CCOC(=O)C1=C(C)N=c2s/c(=C3\C(=O)Nc4ccc(Cl)cc43)c(=O)n2[C@H]1c1ccc(OC)c(OCC)c1. The lowest BCUT2D eigenvalue weighted by molar-refractivity contribution is -0.139. The number of nitrogens with zero attached hydrogens (tertiary/aromatic N) is 2. The molecular weight excluding hydrogens is 530 g/mol. The molecule has 1 aromatic heterocycles. The van der Waals surface area contributed by atoms with E-state index in [1.54, 1.807) is 50.2 Å². The number of thiazole rings is 1. The number of carbonyl (C=O) groups is 2. The minimum Gasteiger partial charge on any atom is -0.493 e. The van der Waals surface area contributed by atoms with Crippen molar-refractivity contribution >= 4 is 46.1 Å². The van der Waals surface area contributed by atoms with E-state index in [0.717, 1.165) is 11.3 Å². The second kappa shape index (κ2) is 10.1. The minimum atomic E-state index is -0.868. The number of amides is 1. The van der Waals surface area contributed by atoms with Gasteiger partial charge in [0.05, 0.1) is 43.2 Å². The first-order valence-electron chi connectivity index (χ1n) is 11.9. The number of ether oxygens (including phenoxy) is 3. The van der Waals surface area contributed by atoms with Crippen LogP contribution >= 0.6 is 22.9 Å². The molecule has 1 atom stereocenters. The Morgan fingerprint density at radius 1 is 1.13 bits per heavy atom. The van der Waals surface area contributed by atoms with Crippen LogP contribution in [0.2, 0.25) is 5.02 Å². The number of halogens is 1. The van der Waals surface area contributed by atoms with Gasteiger partial charge >= 0.3 is 5.97 Å². The second-order valence-corrected chi connectivity index (χ2v) is 9.90. The summed E-state index contributed by atoms with van der Waals surface area (Å²) in [6.07, 6.45) is 0. The van der Waals surface area contributed by atoms with Crippen LogP contribution in [0.5, 0.6) is 11.5 Å². The molecule has 1 amide bonds. The molecule has 0 saturated heterocycles. The van der Waals surface area contributed by atoms with Crippen LogP contribution in [0.15, 0.2) is 57.5 Å². The molecular formula is C27H24ClN3O6S. The Kier molecular flexibility index (Phi) is 6.85. The summed E-state index contributed by atoms with van der Waals surface area (Å²) in [5.74, 6) is -0.0107. The first-order valence-corrected chi connectivity index (χ1v) is 13.1. The maximum absolute atomic E-state index is 14.0. The molecule has 1 N–H and O–H groups in total. The molecule has 5 rings (SSSR count). The third-order valence-corrected chi connectivity index (χ3v) is 7.54. The number of hydrogen-bond acceptors (Lipinski definition) is 8. The van der Waals surface area contributed by atoms with Crippen LogP contribution in [0.4, 0.5) is 5.69 Å². The lowest BCUT2D eigenvalue weighted by atomic mass is 9.95. The van der Waals surface area contributed by atoms with E-state index in [9.17, 15) is 14.4 Å². The Hall–Kier alpha value is -3.89. The molecule has 3 heterocycles. The molecule has 0 bridgehead atoms. The van der Waals surface area contributed by atoms with Crippen molar-refractivity contribution < 1.29 is 23.8 Å². The summed E-state index contributed by atoms with van der Waals surface area (Å²) < 4.78 is 18.2. The summed E-state index contributed by atoms with van der Waals surface area (Å²) in [7, 11) is 1.53. The van der Waals surface area contributed by atoms with Gasteiger partial charge in [0.25, 0.3) is 11.5 Å². The molecule has 196 valence electrons. The number of nitrogens with one attached hydrogen (secondary N) is 1. The van der Waals surface area contributed by atoms with E-state index in [0.29, 0.717) is 50.4 Å². The number of fused-ring (bicyclic) bond motifs is 2. The van der Waals surface area contributed by atoms with Crippen molar-refractivity contribution in [3.63, 3.8) is 0 Å². The van der Waals surface area contributed by atoms with Crippen molar-refractivity contribution in [2.45, 2.75) is 26.8 Å². The Morgan fingerprint density at radius 2 is 1.92 bits per heavy atom. The van der Waals surface area contributed by atoms with Crippen LogP contribution in [0.3, 0.4) is 0 Å². The number of rotatable bonds is 6. The van der Waals surface area contributed by atoms with E-state index in [-0.39, 0.29) is 22.3 Å². The average molecular weight is 554 g/mol. The van der Waals surface area contributed by atoms with Crippen molar-refractivity contribution in [3.8, 4) is 11.5 Å². The van der Waals surface area contributed by atoms with Gasteiger partial charge < -0.3 is 19.5 Å². The number of esters is 1. The molecule has 0 saturated carbocycles. The highest BCUT2D eigenvalue weighted by atomic mass is 35.5. The number of allylic oxidation sites excluding steroid dienone is 1. The average Bonchev–Trinajstić information content (AvgIpc) is 3.37. The van der Waals surface area contributed by atoms with Crippen molar-refractivity contribution in [3.05, 3.63) is 83.5 Å². The highest BCUT2D eigenvalue weighted by Gasteiger charge is 2.35. The third-order valence-electron chi connectivity index (χ3n) is 6.25. The predicted octanol–water partition coefficient (Wildman–Crippen LogP) is 3.18. The quantitative estimate of drug-likeness (QED) is 0.470. The summed E-state index contributed by atoms with van der Waals surface area (Å²) in [4.78, 5) is 45.1. The van der Waals surface area contributed by atoms with Gasteiger partial charge in [-0.25, -0.2) is 9.79 Å². The van der Waals surface area contributed by atoms with Gasteiger partial charge in [0.15, 0.2) is 16.3 Å². The number of methoxy groups -OCH3 is 1. The predicted molar refractivity (Wildman–Crippen MR) is 144 cm³/mol. The zero-order valence-corrected chi connectivity index (χ0v) is 22.7. The fourth-order valence-corrected chi connectivity index (χ4v) is 5.97. The number of anilines is 1. The van der Waals surface area contributed by atoms with E-state index in [1.807, 2.05) is 6.92 Å². The molecule has 0 aliphatic carbocycles. The minimum absolute atomic E-state index is 0.154. The van der Waals surface area contributed by atoms with Crippen LogP contribution < -0.4 is 29.7 Å². The monoisotopic (exact) mass is 553 g/mol. The lowest BCUT2D eigenvalue weighted by Crippen LogP contribution is -2.40. The number of benzene rings is 2. The fourth-order valence-electron chi connectivity index (χ4n) is 4.65. The van der Waals surface area contributed by atoms with Crippen LogP contribution in [0, 0.1) is 0 Å². The molecule has 9 nitrogen and oxygen atoms in total. The Bertz CT molecular complexity index is 1700. The van der Waals surface area contributed by atoms with Gasteiger partial charge in [-0.2, -0.15) is 0 Å². The van der Waals surface area contributed by atoms with Crippen LogP contribution in [-0.2, 0) is 14.3 Å². The first kappa shape index (κ1) is 25.7. The molecule has 2 aromatic carbocycles. The largest absolute Gasteiger partial charge is 0.493 e. The van der Waals surface area contributed by atoms with Gasteiger partial charge in [0.1, 0.15) is 4.53 Å². The number of carbonyl (C=O) groups excluding carboxylic acids is 2. The molecule has 38 heavy (non-hydrogen) atoms. The van der Waals surface area contributed by atoms with E-state index >= 15 is 0 Å². The molecule has 11 heteroatoms. The van der Waals surface area contributed by atoms with Gasteiger partial charge in [0, 0.05) is 16.3 Å². The summed E-state index contributed by atoms with van der Waals surface area (Å²) in [6, 6.07) is 9.36. The number of aromatic nitrogens is 1. The molecule has 0 unspecified atom stereocenters. The Labute approximate surface area is 226 Å². The van der Waals surface area contributed by atoms with E-state index in [1.165, 1.54) is 11.7 Å². The van der Waals surface area contributed by atoms with Crippen molar-refractivity contribution in [2.75, 3.05) is 25.6 Å². The summed E-state index contributed by atoms with van der Waals surface area (Å²) >= 11 is 7.29. The zero-order chi connectivity index (χ0) is 27.1. The number of hydrogen-bond donors (Lipinski definition) is 1. The molecule has 0 spiro atoms. The summed E-state index contributed by atoms with van der Waals surface area (Å²) in [5.41, 5.74) is 2.10. The van der Waals surface area contributed by atoms with Crippen molar-refractivity contribution in [1.29, 1.82) is 0 Å². The normalized spacial score (nSPS) is 17.4. The van der Waals surface area contributed by atoms with Gasteiger partial charge in [-0.15, -0.1) is 0 Å². The molecule has 0 fully saturated rings. The maximum Gasteiger partial charge on any atom is 0.338 e. The second-order valence-electron chi connectivity index (χ2n) is 8.49. The highest BCUT2D eigenvalue weighted by molar-refractivity contribution is 7.07. The van der Waals surface area contributed by atoms with Gasteiger partial charge in [0.2, 0.25) is 0 Å². The topological polar surface area (TPSA) is 108 Å². The van der Waals surface area contributed by atoms with Gasteiger partial charge in [-0.05, 0) is 56.7 Å². The van der Waals surface area contributed by atoms with Gasteiger partial charge in [-0.1, -0.05) is 29.0 Å². The highest BCUT2D eigenvalue weighted by Crippen LogP contribution is 2.37. The van der Waals surface area contributed by atoms with E-state index < -0.39 is 23.5 Å². The summed E-state index contributed by atoms with van der Waals surface area (Å²) in [6.45, 7) is 5.80. The smallest absolute Gasteiger partial charge is 0.338 e. The zero-order valence-electron chi connectivity index (χ0n) is 21.1. The van der Waals surface area contributed by atoms with Crippen molar-refractivity contribution in [1.82, 2.24) is 4.57 Å². The Morgan fingerprint density at radius 3 is 2.63 bits per heavy atom. The van der Waals surface area contributed by atoms with Crippen LogP contribution in [-0.4, -0.2) is 36.8 Å². The molecule has 2 aliphatic rings. The molecule has 2 aliphatic heterocycles. The van der Waals surface area contributed by atoms with Crippen LogP contribution in [0.25, 0.3) is 5.57 Å². The third kappa shape index (κ3) is 4.19. The standard InChI is InChI=1S/C27H24ClN3O6S/c1-5-36-19-11-14(7-10-18(19)35-4)22-20(26(34)37-6-2)13(3)29-27-31(22)25(33)23(38-27)21-16-12-15(28)8-9-17(16)30-24(21)32/h7-12,22H,5-6H2,1-4H3,(H,30,32)/b23-21-/t22-/m0/s1. The first-order chi connectivity index (χ1) is 18.3. The maximum atomic E-state index is 14.0. The van der Waals surface area contributed by atoms with Gasteiger partial charge in [-0.3, -0.25) is 14.2 Å². The molecule has 3 aromatic rings. The Balaban J connectivity index is 1.81. The lowest BCUT2D eigenvalue weighted by Gasteiger charge is -2.25. The fraction of sp³-hybridized carbons (Fsp3) is 0.259.